The summed E-state index contributed by atoms with van der Waals surface area (Å²) in [6, 6.07) is 5.06. The Bertz CT molecular complexity index is 443. The van der Waals surface area contributed by atoms with Gasteiger partial charge in [0.15, 0.2) is 0 Å². The van der Waals surface area contributed by atoms with Crippen molar-refractivity contribution in [2.45, 2.75) is 18.9 Å². The van der Waals surface area contributed by atoms with Gasteiger partial charge in [0.1, 0.15) is 11.0 Å². The molecule has 0 aliphatic carbocycles. The normalized spacial score (nSPS) is 13.7. The van der Waals surface area contributed by atoms with Crippen LogP contribution in [0, 0.1) is 11.3 Å². The molecule has 0 radical (unpaired) electrons. The second-order valence-corrected chi connectivity index (χ2v) is 4.66. The first-order valence-electron chi connectivity index (χ1n) is 5.50. The van der Waals surface area contributed by atoms with E-state index in [1.54, 1.807) is 20.1 Å². The Kier molecular flexibility index (Phi) is 5.35. The number of aromatic nitrogens is 1. The molecule has 98 valence electrons. The van der Waals surface area contributed by atoms with E-state index in [9.17, 15) is 5.11 Å². The minimum Gasteiger partial charge on any atom is -0.388 e. The van der Waals surface area contributed by atoms with Crippen molar-refractivity contribution < 1.29 is 9.84 Å². The van der Waals surface area contributed by atoms with Crippen molar-refractivity contribution in [1.82, 2.24) is 4.98 Å². The molecule has 1 aromatic rings. The van der Waals surface area contributed by atoms with E-state index in [1.165, 1.54) is 6.07 Å². The van der Waals surface area contributed by atoms with Gasteiger partial charge in [-0.25, -0.2) is 4.98 Å². The van der Waals surface area contributed by atoms with Gasteiger partial charge in [-0.2, -0.15) is 5.26 Å². The van der Waals surface area contributed by atoms with Crippen molar-refractivity contribution in [3.05, 3.63) is 22.8 Å². The molecule has 1 atom stereocenters. The summed E-state index contributed by atoms with van der Waals surface area (Å²) < 4.78 is 4.92. The lowest BCUT2D eigenvalue weighted by Crippen LogP contribution is -2.34. The maximum Gasteiger partial charge on any atom is 0.132 e. The van der Waals surface area contributed by atoms with Gasteiger partial charge in [-0.1, -0.05) is 11.6 Å². The highest BCUT2D eigenvalue weighted by Gasteiger charge is 2.19. The van der Waals surface area contributed by atoms with Crippen LogP contribution in [0.5, 0.6) is 0 Å². The largest absolute Gasteiger partial charge is 0.388 e. The number of pyridine rings is 1. The molecule has 18 heavy (non-hydrogen) atoms. The molecule has 0 bridgehead atoms. The van der Waals surface area contributed by atoms with Crippen molar-refractivity contribution in [3.63, 3.8) is 0 Å². The number of nitrogens with zero attached hydrogens (tertiary/aromatic N) is 2. The summed E-state index contributed by atoms with van der Waals surface area (Å²) in [5.74, 6) is 0.469. The van der Waals surface area contributed by atoms with Crippen LogP contribution >= 0.6 is 11.6 Å². The van der Waals surface area contributed by atoms with E-state index in [0.717, 1.165) is 0 Å². The average Bonchev–Trinajstić information content (AvgIpc) is 2.33. The van der Waals surface area contributed by atoms with Gasteiger partial charge in [-0.15, -0.1) is 0 Å². The van der Waals surface area contributed by atoms with Crippen molar-refractivity contribution in [2.75, 3.05) is 25.6 Å². The lowest BCUT2D eigenvalue weighted by Gasteiger charge is -2.23. The smallest absolute Gasteiger partial charge is 0.132 e. The number of aliphatic hydroxyl groups is 1. The van der Waals surface area contributed by atoms with Crippen molar-refractivity contribution in [2.24, 2.45) is 0 Å². The van der Waals surface area contributed by atoms with Gasteiger partial charge >= 0.3 is 0 Å². The fraction of sp³-hybridized carbons (Fsp3) is 0.500. The molecule has 1 aromatic heterocycles. The van der Waals surface area contributed by atoms with E-state index in [4.69, 9.17) is 21.6 Å². The zero-order chi connectivity index (χ0) is 13.6. The first kappa shape index (κ1) is 14.7. The standard InChI is InChI=1S/C12H16ClN3O2/c1-12(17,3-4-18-2)8-15-11-6-9(7-14)5-10(13)16-11/h5-6,17H,3-4,8H2,1-2H3,(H,15,16). The number of ether oxygens (including phenoxy) is 1. The molecule has 5 nitrogen and oxygen atoms in total. The van der Waals surface area contributed by atoms with E-state index >= 15 is 0 Å². The van der Waals surface area contributed by atoms with Crippen molar-refractivity contribution in [3.8, 4) is 6.07 Å². The van der Waals surface area contributed by atoms with Crippen LogP contribution in [-0.4, -0.2) is 36.0 Å². The molecular formula is C12H16ClN3O2. The lowest BCUT2D eigenvalue weighted by molar-refractivity contribution is 0.0357. The molecule has 1 rings (SSSR count). The van der Waals surface area contributed by atoms with Gasteiger partial charge in [-0.3, -0.25) is 0 Å². The van der Waals surface area contributed by atoms with Crippen LogP contribution in [0.15, 0.2) is 12.1 Å². The van der Waals surface area contributed by atoms with Crippen molar-refractivity contribution in [1.29, 1.82) is 5.26 Å². The average molecular weight is 270 g/mol. The maximum absolute atomic E-state index is 10.0. The molecule has 0 aliphatic heterocycles. The summed E-state index contributed by atoms with van der Waals surface area (Å²) in [6.45, 7) is 2.48. The number of halogens is 1. The number of nitrogens with one attached hydrogen (secondary N) is 1. The highest BCUT2D eigenvalue weighted by Crippen LogP contribution is 2.16. The molecule has 0 saturated carbocycles. The van der Waals surface area contributed by atoms with Crippen LogP contribution in [0.4, 0.5) is 5.82 Å². The lowest BCUT2D eigenvalue weighted by atomic mass is 10.0. The quantitative estimate of drug-likeness (QED) is 0.770. The zero-order valence-electron chi connectivity index (χ0n) is 10.4. The minimum absolute atomic E-state index is 0.244. The predicted molar refractivity (Wildman–Crippen MR) is 69.6 cm³/mol. The van der Waals surface area contributed by atoms with Crippen LogP contribution in [0.25, 0.3) is 0 Å². The highest BCUT2D eigenvalue weighted by atomic mass is 35.5. The van der Waals surface area contributed by atoms with E-state index < -0.39 is 5.60 Å². The fourth-order valence-corrected chi connectivity index (χ4v) is 1.55. The van der Waals surface area contributed by atoms with E-state index in [2.05, 4.69) is 10.3 Å². The number of hydrogen-bond donors (Lipinski definition) is 2. The van der Waals surface area contributed by atoms with Gasteiger partial charge < -0.3 is 15.2 Å². The molecule has 0 spiro atoms. The predicted octanol–water partition coefficient (Wildman–Crippen LogP) is 1.81. The Hall–Kier alpha value is -1.35. The third kappa shape index (κ3) is 4.88. The summed E-state index contributed by atoms with van der Waals surface area (Å²) in [5.41, 5.74) is -0.485. The Morgan fingerprint density at radius 2 is 2.33 bits per heavy atom. The molecule has 0 amide bonds. The van der Waals surface area contributed by atoms with Crippen LogP contribution in [0.2, 0.25) is 5.15 Å². The summed E-state index contributed by atoms with van der Waals surface area (Å²) >= 11 is 5.78. The number of methoxy groups -OCH3 is 1. The van der Waals surface area contributed by atoms with Crippen LogP contribution in [0.3, 0.4) is 0 Å². The van der Waals surface area contributed by atoms with Gasteiger partial charge in [0, 0.05) is 26.7 Å². The third-order valence-corrected chi connectivity index (χ3v) is 2.61. The topological polar surface area (TPSA) is 78.2 Å². The third-order valence-electron chi connectivity index (χ3n) is 2.42. The fourth-order valence-electron chi connectivity index (χ4n) is 1.34. The number of nitriles is 1. The first-order valence-corrected chi connectivity index (χ1v) is 5.87. The summed E-state index contributed by atoms with van der Waals surface area (Å²) in [5, 5.41) is 22.0. The molecule has 1 unspecified atom stereocenters. The molecule has 0 aromatic carbocycles. The minimum atomic E-state index is -0.910. The summed E-state index contributed by atoms with van der Waals surface area (Å²) in [7, 11) is 1.58. The van der Waals surface area contributed by atoms with Gasteiger partial charge in [0.2, 0.25) is 0 Å². The molecule has 1 heterocycles. The monoisotopic (exact) mass is 269 g/mol. The molecule has 2 N–H and O–H groups in total. The number of rotatable bonds is 6. The molecule has 0 aliphatic rings. The second kappa shape index (κ2) is 6.55. The Morgan fingerprint density at radius 1 is 1.61 bits per heavy atom. The molecule has 0 saturated heterocycles. The van der Waals surface area contributed by atoms with Gasteiger partial charge in [0.25, 0.3) is 0 Å². The van der Waals surface area contributed by atoms with Gasteiger partial charge in [0.05, 0.1) is 17.2 Å². The zero-order valence-corrected chi connectivity index (χ0v) is 11.2. The Balaban J connectivity index is 2.63. The second-order valence-electron chi connectivity index (χ2n) is 4.27. The number of anilines is 1. The highest BCUT2D eigenvalue weighted by molar-refractivity contribution is 6.29. The molecule has 0 fully saturated rings. The summed E-state index contributed by atoms with van der Waals surface area (Å²) in [4.78, 5) is 4.03. The maximum atomic E-state index is 10.0. The summed E-state index contributed by atoms with van der Waals surface area (Å²) in [6.07, 6.45) is 0.502. The van der Waals surface area contributed by atoms with Crippen LogP contribution < -0.4 is 5.32 Å². The van der Waals surface area contributed by atoms with Crippen LogP contribution in [0.1, 0.15) is 18.9 Å². The molecular weight excluding hydrogens is 254 g/mol. The van der Waals surface area contributed by atoms with Crippen LogP contribution in [-0.2, 0) is 4.74 Å². The van der Waals surface area contributed by atoms with Crippen molar-refractivity contribution >= 4 is 17.4 Å². The Morgan fingerprint density at radius 3 is 2.94 bits per heavy atom. The SMILES string of the molecule is COCCC(C)(O)CNc1cc(C#N)cc(Cl)n1. The first-order chi connectivity index (χ1) is 8.46. The number of hydrogen-bond acceptors (Lipinski definition) is 5. The van der Waals surface area contributed by atoms with E-state index in [-0.39, 0.29) is 5.15 Å². The van der Waals surface area contributed by atoms with Gasteiger partial charge in [-0.05, 0) is 19.1 Å². The van der Waals surface area contributed by atoms with E-state index in [0.29, 0.717) is 31.0 Å². The Labute approximate surface area is 111 Å². The van der Waals surface area contributed by atoms with E-state index in [1.807, 2.05) is 6.07 Å². The molecule has 6 heteroatoms.